The van der Waals surface area contributed by atoms with Crippen LogP contribution in [0.5, 0.6) is 0 Å². The molecule has 0 saturated carbocycles. The molecule has 4 nitrogen and oxygen atoms in total. The van der Waals surface area contributed by atoms with Gasteiger partial charge >= 0.3 is 0 Å². The van der Waals surface area contributed by atoms with E-state index in [4.69, 9.17) is 4.98 Å². The van der Waals surface area contributed by atoms with E-state index in [1.54, 1.807) is 0 Å². The molecule has 0 aromatic carbocycles. The summed E-state index contributed by atoms with van der Waals surface area (Å²) >= 11 is 0. The largest absolute Gasteiger partial charge is 0.314 e. The van der Waals surface area contributed by atoms with Gasteiger partial charge in [-0.3, -0.25) is 4.90 Å². The zero-order valence-electron chi connectivity index (χ0n) is 12.8. The summed E-state index contributed by atoms with van der Waals surface area (Å²) < 4.78 is 0. The maximum Gasteiger partial charge on any atom is 0.145 e. The van der Waals surface area contributed by atoms with Crippen molar-refractivity contribution in [2.45, 2.75) is 46.1 Å². The lowest BCUT2D eigenvalue weighted by Crippen LogP contribution is -2.44. The van der Waals surface area contributed by atoms with Crippen molar-refractivity contribution in [3.8, 4) is 0 Å². The third-order valence-corrected chi connectivity index (χ3v) is 3.71. The molecule has 1 aromatic heterocycles. The van der Waals surface area contributed by atoms with Gasteiger partial charge in [0.1, 0.15) is 5.82 Å². The molecule has 1 saturated heterocycles. The maximum absolute atomic E-state index is 4.81. The van der Waals surface area contributed by atoms with Gasteiger partial charge < -0.3 is 5.32 Å². The summed E-state index contributed by atoms with van der Waals surface area (Å²) in [4.78, 5) is 11.9. The van der Waals surface area contributed by atoms with Crippen LogP contribution >= 0.6 is 0 Å². The Morgan fingerprint density at radius 1 is 1.21 bits per heavy atom. The van der Waals surface area contributed by atoms with E-state index in [2.05, 4.69) is 55.9 Å². The summed E-state index contributed by atoms with van der Waals surface area (Å²) in [5, 5.41) is 3.39. The Hall–Kier alpha value is -1.00. The molecule has 19 heavy (non-hydrogen) atoms. The minimum Gasteiger partial charge on any atom is -0.314 e. The summed E-state index contributed by atoms with van der Waals surface area (Å²) in [6.45, 7) is 15.1. The van der Waals surface area contributed by atoms with Gasteiger partial charge in [-0.25, -0.2) is 9.97 Å². The van der Waals surface area contributed by atoms with Crippen LogP contribution in [-0.2, 0) is 5.41 Å². The molecule has 1 aromatic rings. The molecule has 2 heterocycles. The highest BCUT2D eigenvalue weighted by Crippen LogP contribution is 2.24. The third-order valence-electron chi connectivity index (χ3n) is 3.71. The van der Waals surface area contributed by atoms with Crippen molar-refractivity contribution in [3.05, 3.63) is 23.3 Å². The Kier molecular flexibility index (Phi) is 4.21. The lowest BCUT2D eigenvalue weighted by molar-refractivity contribution is 0.178. The lowest BCUT2D eigenvalue weighted by Gasteiger charge is -2.32. The monoisotopic (exact) mass is 262 g/mol. The minimum atomic E-state index is 0.0750. The predicted octanol–water partition coefficient (Wildman–Crippen LogP) is 2.05. The molecule has 0 aliphatic carbocycles. The first-order chi connectivity index (χ1) is 8.88. The third kappa shape index (κ3) is 3.51. The van der Waals surface area contributed by atoms with Crippen LogP contribution in [0.1, 0.15) is 50.9 Å². The zero-order chi connectivity index (χ0) is 14.0. The van der Waals surface area contributed by atoms with Crippen molar-refractivity contribution in [1.29, 1.82) is 0 Å². The van der Waals surface area contributed by atoms with Gasteiger partial charge in [-0.05, 0) is 19.9 Å². The van der Waals surface area contributed by atoms with Gasteiger partial charge in [0.25, 0.3) is 0 Å². The van der Waals surface area contributed by atoms with Crippen molar-refractivity contribution >= 4 is 0 Å². The number of hydrogen-bond donors (Lipinski definition) is 1. The second-order valence-electron chi connectivity index (χ2n) is 6.46. The van der Waals surface area contributed by atoms with Crippen molar-refractivity contribution in [2.24, 2.45) is 0 Å². The summed E-state index contributed by atoms with van der Waals surface area (Å²) in [6, 6.07) is 2.40. The molecule has 0 spiro atoms. The topological polar surface area (TPSA) is 41.1 Å². The van der Waals surface area contributed by atoms with E-state index >= 15 is 0 Å². The van der Waals surface area contributed by atoms with Crippen molar-refractivity contribution in [1.82, 2.24) is 20.2 Å². The fraction of sp³-hybridized carbons (Fsp3) is 0.733. The second kappa shape index (κ2) is 5.55. The standard InChI is InChI=1S/C15H26N4/c1-11-10-13(15(3,4)5)18-14(17-11)12(2)19-8-6-16-7-9-19/h10,12,16H,6-9H2,1-5H3. The fourth-order valence-corrected chi connectivity index (χ4v) is 2.40. The Morgan fingerprint density at radius 3 is 2.42 bits per heavy atom. The van der Waals surface area contributed by atoms with E-state index in [0.717, 1.165) is 43.4 Å². The molecule has 1 aliphatic heterocycles. The van der Waals surface area contributed by atoms with Crippen molar-refractivity contribution in [3.63, 3.8) is 0 Å². The van der Waals surface area contributed by atoms with E-state index in [9.17, 15) is 0 Å². The molecule has 0 amide bonds. The highest BCUT2D eigenvalue weighted by atomic mass is 15.2. The Morgan fingerprint density at radius 2 is 1.84 bits per heavy atom. The molecule has 1 fully saturated rings. The van der Waals surface area contributed by atoms with Crippen LogP contribution in [0.25, 0.3) is 0 Å². The molecular weight excluding hydrogens is 236 g/mol. The highest BCUT2D eigenvalue weighted by Gasteiger charge is 2.23. The van der Waals surface area contributed by atoms with Gasteiger partial charge in [-0.15, -0.1) is 0 Å². The van der Waals surface area contributed by atoms with Crippen LogP contribution in [0.3, 0.4) is 0 Å². The van der Waals surface area contributed by atoms with Gasteiger partial charge in [-0.1, -0.05) is 20.8 Å². The average Bonchev–Trinajstić information content (AvgIpc) is 2.37. The second-order valence-corrected chi connectivity index (χ2v) is 6.46. The predicted molar refractivity (Wildman–Crippen MR) is 78.3 cm³/mol. The average molecular weight is 262 g/mol. The number of aryl methyl sites for hydroxylation is 1. The van der Waals surface area contributed by atoms with Crippen LogP contribution in [0, 0.1) is 6.92 Å². The summed E-state index contributed by atoms with van der Waals surface area (Å²) in [5.41, 5.74) is 2.28. The van der Waals surface area contributed by atoms with E-state index in [0.29, 0.717) is 6.04 Å². The molecule has 1 aliphatic rings. The molecule has 4 heteroatoms. The molecule has 1 N–H and O–H groups in total. The quantitative estimate of drug-likeness (QED) is 0.885. The van der Waals surface area contributed by atoms with Gasteiger partial charge in [-0.2, -0.15) is 0 Å². The first-order valence-electron chi connectivity index (χ1n) is 7.19. The Bertz CT molecular complexity index is 430. The van der Waals surface area contributed by atoms with E-state index < -0.39 is 0 Å². The number of hydrogen-bond acceptors (Lipinski definition) is 4. The van der Waals surface area contributed by atoms with Gasteiger partial charge in [0.2, 0.25) is 0 Å². The zero-order valence-corrected chi connectivity index (χ0v) is 12.8. The molecule has 1 unspecified atom stereocenters. The summed E-state index contributed by atoms with van der Waals surface area (Å²) in [6.07, 6.45) is 0. The van der Waals surface area contributed by atoms with Gasteiger partial charge in [0.05, 0.1) is 6.04 Å². The first-order valence-corrected chi connectivity index (χ1v) is 7.19. The molecule has 0 bridgehead atoms. The number of nitrogens with one attached hydrogen (secondary N) is 1. The van der Waals surface area contributed by atoms with Crippen LogP contribution in [-0.4, -0.2) is 41.0 Å². The Balaban J connectivity index is 2.26. The highest BCUT2D eigenvalue weighted by molar-refractivity contribution is 5.18. The van der Waals surface area contributed by atoms with Crippen LogP contribution < -0.4 is 5.32 Å². The molecule has 0 radical (unpaired) electrons. The normalized spacial score (nSPS) is 19.4. The first kappa shape index (κ1) is 14.4. The van der Waals surface area contributed by atoms with Crippen molar-refractivity contribution in [2.75, 3.05) is 26.2 Å². The SMILES string of the molecule is Cc1cc(C(C)(C)C)nc(C(C)N2CCNCC2)n1. The molecule has 106 valence electrons. The lowest BCUT2D eigenvalue weighted by atomic mass is 9.91. The number of aromatic nitrogens is 2. The summed E-state index contributed by atoms with van der Waals surface area (Å²) in [7, 11) is 0. The van der Waals surface area contributed by atoms with Gasteiger partial charge in [0, 0.05) is 43.0 Å². The smallest absolute Gasteiger partial charge is 0.145 e. The fourth-order valence-electron chi connectivity index (χ4n) is 2.40. The van der Waals surface area contributed by atoms with E-state index in [1.165, 1.54) is 0 Å². The number of piperazine rings is 1. The van der Waals surface area contributed by atoms with Crippen LogP contribution in [0.15, 0.2) is 6.07 Å². The molecule has 1 atom stereocenters. The summed E-state index contributed by atoms with van der Waals surface area (Å²) in [5.74, 6) is 0.965. The number of nitrogens with zero attached hydrogens (tertiary/aromatic N) is 3. The van der Waals surface area contributed by atoms with Crippen molar-refractivity contribution < 1.29 is 0 Å². The van der Waals surface area contributed by atoms with Crippen LogP contribution in [0.4, 0.5) is 0 Å². The maximum atomic E-state index is 4.81. The Labute approximate surface area is 116 Å². The van der Waals surface area contributed by atoms with Crippen LogP contribution in [0.2, 0.25) is 0 Å². The molecule has 2 rings (SSSR count). The van der Waals surface area contributed by atoms with E-state index in [1.807, 2.05) is 0 Å². The van der Waals surface area contributed by atoms with E-state index in [-0.39, 0.29) is 5.41 Å². The number of rotatable bonds is 2. The molecular formula is C15H26N4. The minimum absolute atomic E-state index is 0.0750. The van der Waals surface area contributed by atoms with Gasteiger partial charge in [0.15, 0.2) is 0 Å².